The first-order valence-electron chi connectivity index (χ1n) is 9.70. The molecule has 172 valence electrons. The topological polar surface area (TPSA) is 129 Å². The Morgan fingerprint density at radius 1 is 0.970 bits per heavy atom. The maximum absolute atomic E-state index is 11.9. The third-order valence-corrected chi connectivity index (χ3v) is 4.26. The number of benzene rings is 2. The Balaban J connectivity index is 1.50. The van der Waals surface area contributed by atoms with Crippen molar-refractivity contribution in [2.45, 2.75) is 6.61 Å². The maximum atomic E-state index is 11.9. The van der Waals surface area contributed by atoms with Gasteiger partial charge in [0.2, 0.25) is 5.76 Å². The summed E-state index contributed by atoms with van der Waals surface area (Å²) in [4.78, 5) is 22.8. The van der Waals surface area contributed by atoms with E-state index in [9.17, 15) is 9.59 Å². The zero-order valence-electron chi connectivity index (χ0n) is 17.9. The maximum Gasteiger partial charge on any atom is 0.371 e. The fourth-order valence-corrected chi connectivity index (χ4v) is 2.63. The van der Waals surface area contributed by atoms with Gasteiger partial charge in [-0.15, -0.1) is 0 Å². The second-order valence-corrected chi connectivity index (χ2v) is 6.53. The molecular weight excluding hydrogens is 432 g/mol. The van der Waals surface area contributed by atoms with Crippen molar-refractivity contribution in [3.8, 4) is 23.0 Å². The molecule has 33 heavy (non-hydrogen) atoms. The van der Waals surface area contributed by atoms with Gasteiger partial charge in [-0.3, -0.25) is 4.79 Å². The van der Waals surface area contributed by atoms with Gasteiger partial charge >= 0.3 is 5.97 Å². The minimum absolute atomic E-state index is 0.0291. The number of aromatic carboxylic acids is 1. The van der Waals surface area contributed by atoms with E-state index in [1.54, 1.807) is 49.6 Å². The Morgan fingerprint density at radius 3 is 2.39 bits per heavy atom. The van der Waals surface area contributed by atoms with Gasteiger partial charge in [-0.2, -0.15) is 5.10 Å². The summed E-state index contributed by atoms with van der Waals surface area (Å²) >= 11 is 0. The van der Waals surface area contributed by atoms with Crippen LogP contribution in [0.1, 0.15) is 21.9 Å². The molecule has 0 atom stereocenters. The molecule has 2 N–H and O–H groups in total. The highest BCUT2D eigenvalue weighted by Crippen LogP contribution is 2.28. The number of hydrogen-bond donors (Lipinski definition) is 2. The van der Waals surface area contributed by atoms with E-state index in [1.807, 2.05) is 0 Å². The van der Waals surface area contributed by atoms with Gasteiger partial charge in [-0.25, -0.2) is 10.2 Å². The summed E-state index contributed by atoms with van der Waals surface area (Å²) in [6.45, 7) is -0.169. The highest BCUT2D eigenvalue weighted by atomic mass is 16.5. The number of carbonyl (C=O) groups is 2. The molecule has 0 fully saturated rings. The number of hydrogen-bond acceptors (Lipinski definition) is 8. The van der Waals surface area contributed by atoms with Gasteiger partial charge in [-0.1, -0.05) is 0 Å². The average molecular weight is 454 g/mol. The molecule has 1 heterocycles. The number of carbonyl (C=O) groups excluding carboxylic acids is 1. The van der Waals surface area contributed by atoms with Crippen molar-refractivity contribution in [1.82, 2.24) is 5.43 Å². The first-order valence-corrected chi connectivity index (χ1v) is 9.70. The summed E-state index contributed by atoms with van der Waals surface area (Å²) < 4.78 is 26.6. The Hall–Kier alpha value is -4.47. The van der Waals surface area contributed by atoms with Crippen molar-refractivity contribution in [1.29, 1.82) is 0 Å². The van der Waals surface area contributed by atoms with Crippen molar-refractivity contribution in [3.63, 3.8) is 0 Å². The molecule has 0 radical (unpaired) electrons. The number of carboxylic acids is 1. The molecule has 0 aliphatic carbocycles. The van der Waals surface area contributed by atoms with Crippen molar-refractivity contribution in [2.24, 2.45) is 5.10 Å². The lowest BCUT2D eigenvalue weighted by molar-refractivity contribution is -0.123. The van der Waals surface area contributed by atoms with Crippen molar-refractivity contribution < 1.29 is 38.1 Å². The lowest BCUT2D eigenvalue weighted by atomic mass is 10.2. The van der Waals surface area contributed by atoms with E-state index in [0.717, 1.165) is 0 Å². The predicted octanol–water partition coefficient (Wildman–Crippen LogP) is 3.10. The number of amides is 1. The Morgan fingerprint density at radius 2 is 1.73 bits per heavy atom. The number of rotatable bonds is 11. The van der Waals surface area contributed by atoms with Crippen LogP contribution in [0.25, 0.3) is 0 Å². The van der Waals surface area contributed by atoms with Gasteiger partial charge in [0.15, 0.2) is 18.1 Å². The van der Waals surface area contributed by atoms with Crippen LogP contribution in [-0.2, 0) is 11.4 Å². The minimum Gasteiger partial charge on any atom is -0.497 e. The molecule has 0 aliphatic rings. The third kappa shape index (κ3) is 6.76. The van der Waals surface area contributed by atoms with E-state index >= 15 is 0 Å². The van der Waals surface area contributed by atoms with Crippen LogP contribution in [0, 0.1) is 0 Å². The van der Waals surface area contributed by atoms with Crippen LogP contribution in [0.15, 0.2) is 64.1 Å². The highest BCUT2D eigenvalue weighted by molar-refractivity contribution is 5.84. The predicted molar refractivity (Wildman–Crippen MR) is 117 cm³/mol. The van der Waals surface area contributed by atoms with Gasteiger partial charge in [0.1, 0.15) is 23.9 Å². The van der Waals surface area contributed by atoms with Crippen molar-refractivity contribution in [2.75, 3.05) is 20.8 Å². The summed E-state index contributed by atoms with van der Waals surface area (Å²) in [7, 11) is 3.05. The molecule has 3 aromatic rings. The summed E-state index contributed by atoms with van der Waals surface area (Å²) in [6, 6.07) is 14.8. The third-order valence-electron chi connectivity index (χ3n) is 4.26. The SMILES string of the molecule is COc1ccc(OCC(=O)NN=Cc2ccc(OCc3ccc(C(=O)O)o3)c(OC)c2)cc1. The van der Waals surface area contributed by atoms with Crippen molar-refractivity contribution in [3.05, 3.63) is 71.7 Å². The summed E-state index contributed by atoms with van der Waals surface area (Å²) in [5, 5.41) is 12.8. The van der Waals surface area contributed by atoms with Crippen LogP contribution in [0.4, 0.5) is 0 Å². The molecular formula is C23H22N2O8. The van der Waals surface area contributed by atoms with Gasteiger partial charge < -0.3 is 28.5 Å². The first-order chi connectivity index (χ1) is 16.0. The Labute approximate surface area is 189 Å². The van der Waals surface area contributed by atoms with Crippen molar-refractivity contribution >= 4 is 18.1 Å². The van der Waals surface area contributed by atoms with Gasteiger partial charge in [0.05, 0.1) is 20.4 Å². The fraction of sp³-hybridized carbons (Fsp3) is 0.174. The molecule has 0 saturated carbocycles. The molecule has 0 aliphatic heterocycles. The Kier molecular flexibility index (Phi) is 7.90. The minimum atomic E-state index is -1.15. The lowest BCUT2D eigenvalue weighted by Gasteiger charge is -2.10. The van der Waals surface area contributed by atoms with E-state index in [2.05, 4.69) is 10.5 Å². The molecule has 10 nitrogen and oxygen atoms in total. The normalized spacial score (nSPS) is 10.6. The molecule has 1 amide bonds. The van der Waals surface area contributed by atoms with Crippen LogP contribution in [0.3, 0.4) is 0 Å². The van der Waals surface area contributed by atoms with E-state index in [-0.39, 0.29) is 19.0 Å². The van der Waals surface area contributed by atoms with E-state index in [0.29, 0.717) is 34.3 Å². The second-order valence-electron chi connectivity index (χ2n) is 6.53. The zero-order chi connectivity index (χ0) is 23.6. The molecule has 0 spiro atoms. The van der Waals surface area contributed by atoms with Gasteiger partial charge in [0, 0.05) is 0 Å². The highest BCUT2D eigenvalue weighted by Gasteiger charge is 2.11. The first kappa shape index (κ1) is 23.2. The number of methoxy groups -OCH3 is 2. The van der Waals surface area contributed by atoms with Crippen LogP contribution in [0.5, 0.6) is 23.0 Å². The average Bonchev–Trinajstić information content (AvgIpc) is 3.31. The Bertz CT molecular complexity index is 1120. The largest absolute Gasteiger partial charge is 0.497 e. The van der Waals surface area contributed by atoms with E-state index in [1.165, 1.54) is 25.5 Å². The molecule has 2 aromatic carbocycles. The van der Waals surface area contributed by atoms with E-state index in [4.69, 9.17) is 28.5 Å². The number of carboxylic acid groups (broad SMARTS) is 1. The monoisotopic (exact) mass is 454 g/mol. The molecule has 0 bridgehead atoms. The lowest BCUT2D eigenvalue weighted by Crippen LogP contribution is -2.24. The molecule has 3 rings (SSSR count). The second kappa shape index (κ2) is 11.2. The van der Waals surface area contributed by atoms with Crippen LogP contribution in [0.2, 0.25) is 0 Å². The summed E-state index contributed by atoms with van der Waals surface area (Å²) in [5.41, 5.74) is 3.04. The molecule has 10 heteroatoms. The molecule has 1 aromatic heterocycles. The fourth-order valence-electron chi connectivity index (χ4n) is 2.63. The van der Waals surface area contributed by atoms with Crippen LogP contribution in [-0.4, -0.2) is 44.0 Å². The van der Waals surface area contributed by atoms with Gasteiger partial charge in [-0.05, 0) is 60.2 Å². The quantitative estimate of drug-likeness (QED) is 0.334. The van der Waals surface area contributed by atoms with E-state index < -0.39 is 11.9 Å². The number of hydrazone groups is 1. The number of nitrogens with zero attached hydrogens (tertiary/aromatic N) is 1. The number of ether oxygens (including phenoxy) is 4. The molecule has 0 saturated heterocycles. The number of nitrogens with one attached hydrogen (secondary N) is 1. The van der Waals surface area contributed by atoms with Crippen LogP contribution >= 0.6 is 0 Å². The summed E-state index contributed by atoms with van der Waals surface area (Å²) in [6.07, 6.45) is 1.45. The smallest absolute Gasteiger partial charge is 0.371 e. The van der Waals surface area contributed by atoms with Crippen LogP contribution < -0.4 is 24.4 Å². The van der Waals surface area contributed by atoms with Gasteiger partial charge in [0.25, 0.3) is 5.91 Å². The molecule has 0 unspecified atom stereocenters. The standard InChI is InChI=1S/C23H22N2O8/c1-29-16-4-6-17(7-5-16)31-14-22(26)25-24-12-15-3-9-19(21(11-15)30-2)32-13-18-8-10-20(33-18)23(27)28/h3-12H,13-14H2,1-2H3,(H,25,26)(H,27,28). The number of furan rings is 1. The zero-order valence-corrected chi connectivity index (χ0v) is 17.9. The summed E-state index contributed by atoms with van der Waals surface area (Å²) in [5.74, 6) is 0.705.